The Bertz CT molecular complexity index is 1310. The van der Waals surface area contributed by atoms with Crippen molar-refractivity contribution in [2.24, 2.45) is 0 Å². The van der Waals surface area contributed by atoms with Crippen LogP contribution >= 0.6 is 0 Å². The maximum absolute atomic E-state index is 12.5. The zero-order valence-corrected chi connectivity index (χ0v) is 17.5. The molecule has 0 saturated carbocycles. The second kappa shape index (κ2) is 8.35. The highest BCUT2D eigenvalue weighted by Gasteiger charge is 2.15. The number of fused-ring (bicyclic) bond motifs is 1. The fourth-order valence-corrected chi connectivity index (χ4v) is 3.43. The van der Waals surface area contributed by atoms with Gasteiger partial charge in [-0.1, -0.05) is 12.1 Å². The van der Waals surface area contributed by atoms with Gasteiger partial charge < -0.3 is 23.9 Å². The predicted molar refractivity (Wildman–Crippen MR) is 119 cm³/mol. The van der Waals surface area contributed by atoms with E-state index in [0.717, 1.165) is 16.8 Å². The van der Waals surface area contributed by atoms with Crippen molar-refractivity contribution in [1.29, 1.82) is 0 Å². The van der Waals surface area contributed by atoms with Crippen LogP contribution in [0.4, 0.5) is 17.1 Å². The predicted octanol–water partition coefficient (Wildman–Crippen LogP) is 3.71. The minimum Gasteiger partial charge on any atom is -0.495 e. The van der Waals surface area contributed by atoms with Gasteiger partial charge in [0.25, 0.3) is 0 Å². The molecule has 158 valence electrons. The molecular formula is C23H22N4O4. The highest BCUT2D eigenvalue weighted by atomic mass is 16.5. The molecule has 0 bridgehead atoms. The van der Waals surface area contributed by atoms with Gasteiger partial charge in [-0.15, -0.1) is 0 Å². The largest absolute Gasteiger partial charge is 0.495 e. The molecule has 0 radical (unpaired) electrons. The lowest BCUT2D eigenvalue weighted by molar-refractivity contribution is -0.116. The van der Waals surface area contributed by atoms with Crippen LogP contribution in [0.5, 0.6) is 5.75 Å². The number of anilines is 3. The molecule has 0 saturated heterocycles. The number of carbonyl (C=O) groups excluding carboxylic acids is 1. The van der Waals surface area contributed by atoms with Crippen LogP contribution in [0.25, 0.3) is 11.0 Å². The average molecular weight is 418 g/mol. The second-order valence-electron chi connectivity index (χ2n) is 7.13. The maximum Gasteiger partial charge on any atom is 0.338 e. The van der Waals surface area contributed by atoms with Crippen LogP contribution in [0.3, 0.4) is 0 Å². The summed E-state index contributed by atoms with van der Waals surface area (Å²) in [6, 6.07) is 14.2. The molecule has 8 nitrogen and oxygen atoms in total. The van der Waals surface area contributed by atoms with Gasteiger partial charge in [0.05, 0.1) is 30.5 Å². The Hall–Kier alpha value is -4.07. The van der Waals surface area contributed by atoms with E-state index in [9.17, 15) is 9.59 Å². The SMILES string of the molecule is COc1ccc(N(C)c2cc(=O)oc3ccccc23)cc1NC(=O)Cn1cnc(C)c1. The summed E-state index contributed by atoms with van der Waals surface area (Å²) in [6.07, 6.45) is 3.41. The number of para-hydroxylation sites is 1. The van der Waals surface area contributed by atoms with Crippen molar-refractivity contribution in [3.05, 3.63) is 77.2 Å². The van der Waals surface area contributed by atoms with Gasteiger partial charge in [0.15, 0.2) is 0 Å². The molecule has 2 heterocycles. The molecular weight excluding hydrogens is 396 g/mol. The summed E-state index contributed by atoms with van der Waals surface area (Å²) in [5, 5.41) is 3.70. The molecule has 0 aliphatic carbocycles. The van der Waals surface area contributed by atoms with Crippen molar-refractivity contribution < 1.29 is 13.9 Å². The number of aryl methyl sites for hydroxylation is 1. The molecule has 0 unspecified atom stereocenters. The van der Waals surface area contributed by atoms with E-state index in [1.807, 2.05) is 43.1 Å². The fraction of sp³-hybridized carbons (Fsp3) is 0.174. The van der Waals surface area contributed by atoms with Crippen molar-refractivity contribution in [1.82, 2.24) is 9.55 Å². The number of nitrogens with one attached hydrogen (secondary N) is 1. The molecule has 1 amide bonds. The number of ether oxygens (including phenoxy) is 1. The molecule has 2 aromatic carbocycles. The first-order valence-corrected chi connectivity index (χ1v) is 9.67. The van der Waals surface area contributed by atoms with Crippen LogP contribution in [0, 0.1) is 6.92 Å². The monoisotopic (exact) mass is 418 g/mol. The van der Waals surface area contributed by atoms with E-state index >= 15 is 0 Å². The summed E-state index contributed by atoms with van der Waals surface area (Å²) >= 11 is 0. The molecule has 0 aliphatic heterocycles. The van der Waals surface area contributed by atoms with E-state index in [1.54, 1.807) is 42.4 Å². The average Bonchev–Trinajstić information content (AvgIpc) is 3.16. The Labute approximate surface area is 178 Å². The minimum atomic E-state index is -0.432. The number of hydrogen-bond donors (Lipinski definition) is 1. The molecule has 4 aromatic rings. The number of nitrogens with zero attached hydrogens (tertiary/aromatic N) is 3. The van der Waals surface area contributed by atoms with Gasteiger partial charge in [-0.25, -0.2) is 9.78 Å². The minimum absolute atomic E-state index is 0.133. The van der Waals surface area contributed by atoms with Crippen LogP contribution < -0.4 is 20.6 Å². The van der Waals surface area contributed by atoms with Gasteiger partial charge in [0.2, 0.25) is 5.91 Å². The number of methoxy groups -OCH3 is 1. The first-order chi connectivity index (χ1) is 14.9. The second-order valence-corrected chi connectivity index (χ2v) is 7.13. The lowest BCUT2D eigenvalue weighted by Crippen LogP contribution is -2.19. The van der Waals surface area contributed by atoms with Gasteiger partial charge in [0, 0.05) is 30.4 Å². The highest BCUT2D eigenvalue weighted by molar-refractivity contribution is 5.95. The summed E-state index contributed by atoms with van der Waals surface area (Å²) in [7, 11) is 3.40. The first-order valence-electron chi connectivity index (χ1n) is 9.67. The number of benzene rings is 2. The standard InChI is InChI=1S/C23H22N4O4/c1-15-12-27(14-24-15)13-22(28)25-18-10-16(8-9-21(18)30-3)26(2)19-11-23(29)31-20-7-5-4-6-17(19)20/h4-12,14H,13H2,1-3H3,(H,25,28). The van der Waals surface area contributed by atoms with Crippen molar-refractivity contribution >= 4 is 33.9 Å². The Kier molecular flexibility index (Phi) is 5.44. The lowest BCUT2D eigenvalue weighted by Gasteiger charge is -2.22. The summed E-state index contributed by atoms with van der Waals surface area (Å²) in [5.41, 5.74) is 2.91. The maximum atomic E-state index is 12.5. The van der Waals surface area contributed by atoms with Crippen molar-refractivity contribution in [3.63, 3.8) is 0 Å². The van der Waals surface area contributed by atoms with Gasteiger partial charge in [-0.05, 0) is 37.3 Å². The summed E-state index contributed by atoms with van der Waals surface area (Å²) in [5.74, 6) is 0.325. The van der Waals surface area contributed by atoms with Crippen LogP contribution in [0.1, 0.15) is 5.69 Å². The summed E-state index contributed by atoms with van der Waals surface area (Å²) < 4.78 is 12.4. The number of rotatable bonds is 6. The number of hydrogen-bond acceptors (Lipinski definition) is 6. The third-order valence-electron chi connectivity index (χ3n) is 4.92. The first kappa shape index (κ1) is 20.2. The van der Waals surface area contributed by atoms with Gasteiger partial charge in [-0.2, -0.15) is 0 Å². The van der Waals surface area contributed by atoms with E-state index < -0.39 is 5.63 Å². The Morgan fingerprint density at radius 1 is 1.23 bits per heavy atom. The summed E-state index contributed by atoms with van der Waals surface area (Å²) in [4.78, 5) is 30.6. The Morgan fingerprint density at radius 3 is 2.77 bits per heavy atom. The molecule has 0 atom stereocenters. The van der Waals surface area contributed by atoms with E-state index in [4.69, 9.17) is 9.15 Å². The van der Waals surface area contributed by atoms with Gasteiger partial charge in [0.1, 0.15) is 17.9 Å². The quantitative estimate of drug-likeness (QED) is 0.480. The third kappa shape index (κ3) is 4.28. The van der Waals surface area contributed by atoms with Crippen LogP contribution in [-0.4, -0.2) is 29.6 Å². The van der Waals surface area contributed by atoms with Gasteiger partial charge >= 0.3 is 5.63 Å². The molecule has 8 heteroatoms. The van der Waals surface area contributed by atoms with Crippen molar-refractivity contribution in [2.45, 2.75) is 13.5 Å². The highest BCUT2D eigenvalue weighted by Crippen LogP contribution is 2.34. The van der Waals surface area contributed by atoms with E-state index in [2.05, 4.69) is 10.3 Å². The fourth-order valence-electron chi connectivity index (χ4n) is 3.43. The zero-order valence-electron chi connectivity index (χ0n) is 17.5. The molecule has 0 spiro atoms. The third-order valence-corrected chi connectivity index (χ3v) is 4.92. The molecule has 1 N–H and O–H groups in total. The van der Waals surface area contributed by atoms with E-state index in [-0.39, 0.29) is 12.5 Å². The summed E-state index contributed by atoms with van der Waals surface area (Å²) in [6.45, 7) is 2.00. The Balaban J connectivity index is 1.65. The molecule has 0 fully saturated rings. The normalized spacial score (nSPS) is 10.8. The van der Waals surface area contributed by atoms with Crippen LogP contribution in [0.2, 0.25) is 0 Å². The molecule has 31 heavy (non-hydrogen) atoms. The van der Waals surface area contributed by atoms with E-state index in [1.165, 1.54) is 6.07 Å². The smallest absolute Gasteiger partial charge is 0.338 e. The molecule has 2 aromatic heterocycles. The van der Waals surface area contributed by atoms with Crippen molar-refractivity contribution in [2.75, 3.05) is 24.4 Å². The zero-order chi connectivity index (χ0) is 22.0. The number of carbonyl (C=O) groups is 1. The molecule has 4 rings (SSSR count). The van der Waals surface area contributed by atoms with Crippen molar-refractivity contribution in [3.8, 4) is 5.75 Å². The van der Waals surface area contributed by atoms with Gasteiger partial charge in [-0.3, -0.25) is 4.79 Å². The Morgan fingerprint density at radius 2 is 2.03 bits per heavy atom. The number of aromatic nitrogens is 2. The van der Waals surface area contributed by atoms with E-state index in [0.29, 0.717) is 22.7 Å². The lowest BCUT2D eigenvalue weighted by atomic mass is 10.1. The number of amides is 1. The topological polar surface area (TPSA) is 89.6 Å². The molecule has 0 aliphatic rings. The number of imidazole rings is 1. The van der Waals surface area contributed by atoms with Crippen LogP contribution in [0.15, 0.2) is 70.3 Å². The van der Waals surface area contributed by atoms with Crippen LogP contribution in [-0.2, 0) is 11.3 Å².